The molecule has 0 saturated carbocycles. The molecule has 1 aliphatic rings. The number of hydrogen-bond acceptors (Lipinski definition) is 8. The monoisotopic (exact) mass is 420 g/mol. The van der Waals surface area contributed by atoms with Crippen molar-refractivity contribution in [2.75, 3.05) is 11.1 Å². The Labute approximate surface area is 179 Å². The molecule has 160 valence electrons. The van der Waals surface area contributed by atoms with Crippen LogP contribution in [0.4, 0.5) is 11.8 Å². The number of hydrogen-bond donors (Lipinski definition) is 2. The number of nitrogen functional groups attached to an aromatic ring is 1. The van der Waals surface area contributed by atoms with Crippen molar-refractivity contribution in [2.24, 2.45) is 0 Å². The Balaban J connectivity index is 2.11. The first-order chi connectivity index (χ1) is 14.7. The summed E-state index contributed by atoms with van der Waals surface area (Å²) in [7, 11) is 0. The van der Waals surface area contributed by atoms with E-state index < -0.39 is 5.92 Å². The molecule has 8 nitrogen and oxygen atoms in total. The van der Waals surface area contributed by atoms with Crippen LogP contribution in [0.1, 0.15) is 50.5 Å². The number of ketones is 1. The molecule has 2 aromatic heterocycles. The molecular formula is C23H24N4O4. The van der Waals surface area contributed by atoms with Crippen molar-refractivity contribution < 1.29 is 13.9 Å². The van der Waals surface area contributed by atoms with E-state index >= 15 is 0 Å². The van der Waals surface area contributed by atoms with Gasteiger partial charge in [0.05, 0.1) is 23.0 Å². The van der Waals surface area contributed by atoms with Crippen LogP contribution in [-0.2, 0) is 4.79 Å². The third kappa shape index (κ3) is 3.54. The zero-order valence-electron chi connectivity index (χ0n) is 18.1. The predicted molar refractivity (Wildman–Crippen MR) is 118 cm³/mol. The van der Waals surface area contributed by atoms with Crippen molar-refractivity contribution in [2.45, 2.75) is 46.6 Å². The number of benzene rings is 1. The Morgan fingerprint density at radius 1 is 1.26 bits per heavy atom. The number of carbonyl (C=O) groups is 1. The molecule has 1 unspecified atom stereocenters. The Hall–Kier alpha value is -3.68. The van der Waals surface area contributed by atoms with E-state index in [9.17, 15) is 9.59 Å². The highest BCUT2D eigenvalue weighted by Crippen LogP contribution is 2.47. The minimum absolute atomic E-state index is 0.0556. The van der Waals surface area contributed by atoms with Crippen LogP contribution in [0.15, 0.2) is 44.7 Å². The number of anilines is 2. The lowest BCUT2D eigenvalue weighted by Gasteiger charge is -2.31. The van der Waals surface area contributed by atoms with Crippen molar-refractivity contribution in [3.05, 3.63) is 62.6 Å². The van der Waals surface area contributed by atoms with Crippen LogP contribution >= 0.6 is 0 Å². The number of para-hydroxylation sites is 1. The van der Waals surface area contributed by atoms with Crippen molar-refractivity contribution in [3.8, 4) is 5.88 Å². The van der Waals surface area contributed by atoms with Gasteiger partial charge in [0.2, 0.25) is 11.8 Å². The fraction of sp³-hybridized carbons (Fsp3) is 0.304. The summed E-state index contributed by atoms with van der Waals surface area (Å²) in [5.74, 6) is 0.559. The van der Waals surface area contributed by atoms with Gasteiger partial charge >= 0.3 is 0 Å². The van der Waals surface area contributed by atoms with Gasteiger partial charge in [-0.05, 0) is 40.7 Å². The van der Waals surface area contributed by atoms with Crippen LogP contribution in [0, 0.1) is 6.92 Å². The number of aryl methyl sites for hydroxylation is 1. The second-order valence-corrected chi connectivity index (χ2v) is 7.91. The van der Waals surface area contributed by atoms with E-state index in [4.69, 9.17) is 14.9 Å². The highest BCUT2D eigenvalue weighted by molar-refractivity contribution is 5.99. The molecule has 0 radical (unpaired) electrons. The summed E-state index contributed by atoms with van der Waals surface area (Å²) in [6.07, 6.45) is -0.181. The van der Waals surface area contributed by atoms with Crippen LogP contribution < -0.4 is 21.2 Å². The predicted octanol–water partition coefficient (Wildman–Crippen LogP) is 3.68. The van der Waals surface area contributed by atoms with Crippen molar-refractivity contribution in [1.82, 2.24) is 9.97 Å². The van der Waals surface area contributed by atoms with Crippen molar-refractivity contribution in [1.29, 1.82) is 0 Å². The number of rotatable bonds is 4. The maximum atomic E-state index is 12.8. The standard InChI is InChI=1S/C23H24N4O4/c1-10(2)30-22-19-18(15-8-6-7-14-16(29)9-11(3)31-20(14)15)17(13(5)28)12(4)25-21(19)26-23(24)27-22/h6-10,18H,1-5H3,(H3,24,25,26,27). The van der Waals surface area contributed by atoms with Gasteiger partial charge in [-0.25, -0.2) is 0 Å². The molecule has 3 heterocycles. The highest BCUT2D eigenvalue weighted by atomic mass is 16.5. The molecule has 1 aromatic carbocycles. The van der Waals surface area contributed by atoms with E-state index in [2.05, 4.69) is 15.3 Å². The summed E-state index contributed by atoms with van der Waals surface area (Å²) in [6.45, 7) is 8.79. The van der Waals surface area contributed by atoms with Crippen molar-refractivity contribution >= 4 is 28.5 Å². The number of Topliss-reactive ketones (excluding diaryl/α,β-unsaturated/α-hetero) is 1. The van der Waals surface area contributed by atoms with Gasteiger partial charge in [0, 0.05) is 22.9 Å². The molecule has 1 atom stereocenters. The van der Waals surface area contributed by atoms with E-state index in [1.165, 1.54) is 13.0 Å². The zero-order valence-corrected chi connectivity index (χ0v) is 18.1. The van der Waals surface area contributed by atoms with Crippen LogP contribution in [0.3, 0.4) is 0 Å². The molecule has 4 rings (SSSR count). The lowest BCUT2D eigenvalue weighted by molar-refractivity contribution is -0.113. The summed E-state index contributed by atoms with van der Waals surface area (Å²) in [4.78, 5) is 34.0. The van der Waals surface area contributed by atoms with E-state index in [0.29, 0.717) is 44.9 Å². The average molecular weight is 420 g/mol. The van der Waals surface area contributed by atoms with Crippen LogP contribution in [0.2, 0.25) is 0 Å². The fourth-order valence-corrected chi connectivity index (χ4v) is 4.06. The number of nitrogens with one attached hydrogen (secondary N) is 1. The number of aromatic nitrogens is 2. The van der Waals surface area contributed by atoms with E-state index in [-0.39, 0.29) is 29.1 Å². The number of nitrogens with two attached hydrogens (primary N) is 1. The SMILES string of the molecule is CC(=O)C1=C(C)Nc2nc(N)nc(OC(C)C)c2C1c1cccc2c(=O)cc(C)oc12. The quantitative estimate of drug-likeness (QED) is 0.656. The smallest absolute Gasteiger partial charge is 0.225 e. The van der Waals surface area contributed by atoms with E-state index in [1.54, 1.807) is 26.0 Å². The minimum atomic E-state index is -0.600. The molecule has 0 bridgehead atoms. The highest BCUT2D eigenvalue weighted by Gasteiger charge is 2.37. The second kappa shape index (κ2) is 7.54. The molecule has 0 aliphatic carbocycles. The Kier molecular flexibility index (Phi) is 5.00. The molecule has 1 aliphatic heterocycles. The summed E-state index contributed by atoms with van der Waals surface area (Å²) in [6, 6.07) is 6.78. The lowest BCUT2D eigenvalue weighted by atomic mass is 9.80. The first-order valence-corrected chi connectivity index (χ1v) is 10.0. The Bertz CT molecular complexity index is 1310. The summed E-state index contributed by atoms with van der Waals surface area (Å²) in [5, 5.41) is 3.61. The number of ether oxygens (including phenoxy) is 1. The van der Waals surface area contributed by atoms with Crippen LogP contribution in [0.25, 0.3) is 11.0 Å². The zero-order chi connectivity index (χ0) is 22.4. The third-order valence-electron chi connectivity index (χ3n) is 5.16. The van der Waals surface area contributed by atoms with Crippen LogP contribution in [-0.4, -0.2) is 21.9 Å². The summed E-state index contributed by atoms with van der Waals surface area (Å²) >= 11 is 0. The minimum Gasteiger partial charge on any atom is -0.475 e. The molecular weight excluding hydrogens is 396 g/mol. The molecule has 0 spiro atoms. The lowest BCUT2D eigenvalue weighted by Crippen LogP contribution is -2.25. The molecule has 0 saturated heterocycles. The molecule has 3 N–H and O–H groups in total. The number of nitrogens with zero attached hydrogens (tertiary/aromatic N) is 2. The first-order valence-electron chi connectivity index (χ1n) is 10.0. The van der Waals surface area contributed by atoms with E-state index in [0.717, 1.165) is 0 Å². The number of fused-ring (bicyclic) bond motifs is 2. The fourth-order valence-electron chi connectivity index (χ4n) is 4.06. The van der Waals surface area contributed by atoms with Gasteiger partial charge in [-0.2, -0.15) is 9.97 Å². The number of carbonyl (C=O) groups excluding carboxylic acids is 1. The largest absolute Gasteiger partial charge is 0.475 e. The molecule has 8 heteroatoms. The van der Waals surface area contributed by atoms with Gasteiger partial charge in [0.15, 0.2) is 11.2 Å². The summed E-state index contributed by atoms with van der Waals surface area (Å²) < 4.78 is 12.0. The van der Waals surface area contributed by atoms with Gasteiger partial charge in [-0.3, -0.25) is 9.59 Å². The Morgan fingerprint density at radius 2 is 2.00 bits per heavy atom. The van der Waals surface area contributed by atoms with Crippen molar-refractivity contribution in [3.63, 3.8) is 0 Å². The molecule has 0 fully saturated rings. The maximum Gasteiger partial charge on any atom is 0.225 e. The summed E-state index contributed by atoms with van der Waals surface area (Å²) in [5.41, 5.74) is 8.60. The van der Waals surface area contributed by atoms with Crippen LogP contribution in [0.5, 0.6) is 5.88 Å². The first kappa shape index (κ1) is 20.6. The second-order valence-electron chi connectivity index (χ2n) is 7.91. The van der Waals surface area contributed by atoms with Gasteiger partial charge in [0.1, 0.15) is 17.2 Å². The molecule has 31 heavy (non-hydrogen) atoms. The average Bonchev–Trinajstić information content (AvgIpc) is 2.65. The number of allylic oxidation sites excluding steroid dienone is 2. The third-order valence-corrected chi connectivity index (χ3v) is 5.16. The molecule has 3 aromatic rings. The van der Waals surface area contributed by atoms with Gasteiger partial charge in [-0.1, -0.05) is 12.1 Å². The van der Waals surface area contributed by atoms with Gasteiger partial charge < -0.3 is 20.2 Å². The van der Waals surface area contributed by atoms with E-state index in [1.807, 2.05) is 19.9 Å². The normalized spacial score (nSPS) is 15.7. The molecule has 0 amide bonds. The van der Waals surface area contributed by atoms with Gasteiger partial charge in [-0.15, -0.1) is 0 Å². The topological polar surface area (TPSA) is 120 Å². The Morgan fingerprint density at radius 3 is 2.68 bits per heavy atom. The van der Waals surface area contributed by atoms with Gasteiger partial charge in [0.25, 0.3) is 0 Å². The maximum absolute atomic E-state index is 12.8.